The molecule has 5 nitrogen and oxygen atoms in total. The third-order valence-corrected chi connectivity index (χ3v) is 2.65. The zero-order chi connectivity index (χ0) is 10.8. The minimum Gasteiger partial charge on any atom is -0.339 e. The number of hydrogen-bond donors (Lipinski definition) is 1. The summed E-state index contributed by atoms with van der Waals surface area (Å²) in [5, 5.41) is 3.96. The molecular formula is C10H19ClN4O. The van der Waals surface area contributed by atoms with Crippen LogP contribution in [0.2, 0.25) is 0 Å². The average Bonchev–Trinajstić information content (AvgIpc) is 2.76. The van der Waals surface area contributed by atoms with Gasteiger partial charge >= 0.3 is 0 Å². The SMILES string of the molecule is CC(C)c1nc(CN2CC[C@@H](N)C2)no1.Cl. The second-order valence-electron chi connectivity index (χ2n) is 4.49. The molecule has 0 aliphatic carbocycles. The van der Waals surface area contributed by atoms with Crippen LogP contribution in [0.5, 0.6) is 0 Å². The maximum atomic E-state index is 5.83. The number of rotatable bonds is 3. The maximum absolute atomic E-state index is 5.83. The van der Waals surface area contributed by atoms with Crippen molar-refractivity contribution in [3.05, 3.63) is 11.7 Å². The van der Waals surface area contributed by atoms with Crippen LogP contribution >= 0.6 is 12.4 Å². The first-order chi connectivity index (χ1) is 7.15. The van der Waals surface area contributed by atoms with Crippen LogP contribution in [0, 0.1) is 0 Å². The highest BCUT2D eigenvalue weighted by Crippen LogP contribution is 2.14. The van der Waals surface area contributed by atoms with Crippen molar-refractivity contribution in [1.82, 2.24) is 15.0 Å². The Bertz CT molecular complexity index is 328. The van der Waals surface area contributed by atoms with Gasteiger partial charge in [-0.25, -0.2) is 0 Å². The summed E-state index contributed by atoms with van der Waals surface area (Å²) >= 11 is 0. The third kappa shape index (κ3) is 3.17. The molecule has 0 amide bonds. The van der Waals surface area contributed by atoms with E-state index in [9.17, 15) is 0 Å². The summed E-state index contributed by atoms with van der Waals surface area (Å²) in [5.41, 5.74) is 5.83. The van der Waals surface area contributed by atoms with Crippen molar-refractivity contribution in [2.45, 2.75) is 38.8 Å². The topological polar surface area (TPSA) is 68.2 Å². The average molecular weight is 247 g/mol. The molecule has 92 valence electrons. The van der Waals surface area contributed by atoms with Crippen LogP contribution in [0.1, 0.15) is 37.9 Å². The predicted molar refractivity (Wildman–Crippen MR) is 63.5 cm³/mol. The number of nitrogens with zero attached hydrogens (tertiary/aromatic N) is 3. The van der Waals surface area contributed by atoms with Gasteiger partial charge in [0, 0.05) is 25.0 Å². The molecule has 0 radical (unpaired) electrons. The van der Waals surface area contributed by atoms with E-state index in [1.807, 2.05) is 13.8 Å². The van der Waals surface area contributed by atoms with Crippen LogP contribution in [0.3, 0.4) is 0 Å². The molecule has 16 heavy (non-hydrogen) atoms. The standard InChI is InChI=1S/C10H18N4O.ClH/c1-7(2)10-12-9(13-15-10)6-14-4-3-8(11)5-14;/h7-8H,3-6,11H2,1-2H3;1H/t8-;/m1./s1. The summed E-state index contributed by atoms with van der Waals surface area (Å²) in [5.74, 6) is 1.79. The van der Waals surface area contributed by atoms with Gasteiger partial charge in [-0.1, -0.05) is 19.0 Å². The van der Waals surface area contributed by atoms with Crippen molar-refractivity contribution >= 4 is 12.4 Å². The molecule has 1 saturated heterocycles. The van der Waals surface area contributed by atoms with Crippen LogP contribution in [-0.4, -0.2) is 34.2 Å². The number of hydrogen-bond acceptors (Lipinski definition) is 5. The van der Waals surface area contributed by atoms with Crippen molar-refractivity contribution in [3.63, 3.8) is 0 Å². The fourth-order valence-corrected chi connectivity index (χ4v) is 1.77. The van der Waals surface area contributed by atoms with Crippen molar-refractivity contribution in [2.75, 3.05) is 13.1 Å². The molecule has 0 saturated carbocycles. The molecule has 2 rings (SSSR count). The van der Waals surface area contributed by atoms with Crippen molar-refractivity contribution in [2.24, 2.45) is 5.73 Å². The lowest BCUT2D eigenvalue weighted by atomic mass is 10.2. The van der Waals surface area contributed by atoms with E-state index in [1.165, 1.54) is 0 Å². The van der Waals surface area contributed by atoms with E-state index >= 15 is 0 Å². The van der Waals surface area contributed by atoms with Crippen molar-refractivity contribution in [1.29, 1.82) is 0 Å². The summed E-state index contributed by atoms with van der Waals surface area (Å²) in [6.07, 6.45) is 1.06. The second kappa shape index (κ2) is 5.61. The van der Waals surface area contributed by atoms with E-state index in [0.717, 1.165) is 31.9 Å². The van der Waals surface area contributed by atoms with Crippen molar-refractivity contribution in [3.8, 4) is 0 Å². The molecule has 1 aliphatic heterocycles. The maximum Gasteiger partial charge on any atom is 0.229 e. The lowest BCUT2D eigenvalue weighted by Gasteiger charge is -2.11. The predicted octanol–water partition coefficient (Wildman–Crippen LogP) is 1.15. The van der Waals surface area contributed by atoms with Gasteiger partial charge < -0.3 is 10.3 Å². The zero-order valence-electron chi connectivity index (χ0n) is 9.72. The Labute approximate surface area is 102 Å². The van der Waals surface area contributed by atoms with Gasteiger partial charge in [0.1, 0.15) is 0 Å². The van der Waals surface area contributed by atoms with Gasteiger partial charge in [-0.3, -0.25) is 4.90 Å². The Morgan fingerprint density at radius 3 is 2.81 bits per heavy atom. The highest BCUT2D eigenvalue weighted by atomic mass is 35.5. The van der Waals surface area contributed by atoms with E-state index in [1.54, 1.807) is 0 Å². The molecule has 1 aliphatic rings. The fourth-order valence-electron chi connectivity index (χ4n) is 1.77. The largest absolute Gasteiger partial charge is 0.339 e. The van der Waals surface area contributed by atoms with Gasteiger partial charge in [-0.15, -0.1) is 12.4 Å². The minimum absolute atomic E-state index is 0. The molecule has 0 spiro atoms. The first kappa shape index (κ1) is 13.4. The van der Waals surface area contributed by atoms with Crippen molar-refractivity contribution < 1.29 is 4.52 Å². The lowest BCUT2D eigenvalue weighted by Crippen LogP contribution is -2.26. The number of halogens is 1. The van der Waals surface area contributed by atoms with E-state index in [-0.39, 0.29) is 12.4 Å². The van der Waals surface area contributed by atoms with Crippen LogP contribution < -0.4 is 5.73 Å². The highest BCUT2D eigenvalue weighted by Gasteiger charge is 2.21. The van der Waals surface area contributed by atoms with Crippen LogP contribution in [0.25, 0.3) is 0 Å². The molecule has 1 aromatic rings. The normalized spacial score (nSPS) is 21.4. The highest BCUT2D eigenvalue weighted by molar-refractivity contribution is 5.85. The minimum atomic E-state index is 0. The number of likely N-dealkylation sites (tertiary alicyclic amines) is 1. The summed E-state index contributed by atoms with van der Waals surface area (Å²) in [7, 11) is 0. The molecule has 1 atom stereocenters. The molecule has 0 bridgehead atoms. The molecule has 0 unspecified atom stereocenters. The van der Waals surface area contributed by atoms with Gasteiger partial charge in [0.25, 0.3) is 0 Å². The van der Waals surface area contributed by atoms with Gasteiger partial charge in [-0.05, 0) is 6.42 Å². The number of nitrogens with two attached hydrogens (primary N) is 1. The monoisotopic (exact) mass is 246 g/mol. The molecular weight excluding hydrogens is 228 g/mol. The zero-order valence-corrected chi connectivity index (χ0v) is 10.5. The molecule has 0 aromatic carbocycles. The molecule has 2 heterocycles. The van der Waals surface area contributed by atoms with Gasteiger partial charge in [0.05, 0.1) is 6.54 Å². The molecule has 6 heteroatoms. The van der Waals surface area contributed by atoms with Gasteiger partial charge in [0.2, 0.25) is 5.89 Å². The Morgan fingerprint density at radius 1 is 1.56 bits per heavy atom. The summed E-state index contributed by atoms with van der Waals surface area (Å²) in [6, 6.07) is 0.307. The first-order valence-corrected chi connectivity index (χ1v) is 5.45. The second-order valence-corrected chi connectivity index (χ2v) is 4.49. The van der Waals surface area contributed by atoms with Gasteiger partial charge in [-0.2, -0.15) is 4.98 Å². The van der Waals surface area contributed by atoms with E-state index < -0.39 is 0 Å². The Kier molecular flexibility index (Phi) is 4.70. The lowest BCUT2D eigenvalue weighted by molar-refractivity contribution is 0.305. The summed E-state index contributed by atoms with van der Waals surface area (Å²) in [6.45, 7) is 6.81. The van der Waals surface area contributed by atoms with Gasteiger partial charge in [0.15, 0.2) is 5.82 Å². The molecule has 1 aromatic heterocycles. The van der Waals surface area contributed by atoms with E-state index in [4.69, 9.17) is 10.3 Å². The Hall–Kier alpha value is -0.650. The van der Waals surface area contributed by atoms with E-state index in [2.05, 4.69) is 15.0 Å². The van der Waals surface area contributed by atoms with Crippen LogP contribution in [0.4, 0.5) is 0 Å². The third-order valence-electron chi connectivity index (χ3n) is 2.65. The first-order valence-electron chi connectivity index (χ1n) is 5.45. The number of aromatic nitrogens is 2. The molecule has 2 N–H and O–H groups in total. The smallest absolute Gasteiger partial charge is 0.229 e. The van der Waals surface area contributed by atoms with Crippen LogP contribution in [0.15, 0.2) is 4.52 Å². The van der Waals surface area contributed by atoms with Crippen LogP contribution in [-0.2, 0) is 6.54 Å². The molecule has 1 fully saturated rings. The Balaban J connectivity index is 0.00000128. The van der Waals surface area contributed by atoms with E-state index in [0.29, 0.717) is 17.9 Å². The summed E-state index contributed by atoms with van der Waals surface area (Å²) < 4.78 is 5.14. The summed E-state index contributed by atoms with van der Waals surface area (Å²) in [4.78, 5) is 6.60. The Morgan fingerprint density at radius 2 is 2.31 bits per heavy atom. The quantitative estimate of drug-likeness (QED) is 0.867. The fraction of sp³-hybridized carbons (Fsp3) is 0.800.